The first-order valence-electron chi connectivity index (χ1n) is 8.67. The highest BCUT2D eigenvalue weighted by Gasteiger charge is 2.29. The van der Waals surface area contributed by atoms with Gasteiger partial charge in [-0.2, -0.15) is 0 Å². The molecule has 1 atom stereocenters. The van der Waals surface area contributed by atoms with Crippen LogP contribution in [-0.4, -0.2) is 44.2 Å². The first-order chi connectivity index (χ1) is 11.7. The van der Waals surface area contributed by atoms with Crippen molar-refractivity contribution in [1.82, 2.24) is 4.90 Å². The van der Waals surface area contributed by atoms with Crippen LogP contribution in [0.15, 0.2) is 28.7 Å². The molecule has 0 saturated carbocycles. The number of hydrogen-bond acceptors (Lipinski definition) is 4. The number of rotatable bonds is 6. The second kappa shape index (κ2) is 7.71. The Hall–Kier alpha value is -2.01. The summed E-state index contributed by atoms with van der Waals surface area (Å²) >= 11 is 0. The van der Waals surface area contributed by atoms with Crippen molar-refractivity contribution in [2.45, 2.75) is 32.1 Å². The van der Waals surface area contributed by atoms with E-state index < -0.39 is 0 Å². The Bertz CT molecular complexity index is 688. The van der Waals surface area contributed by atoms with E-state index in [0.29, 0.717) is 26.3 Å². The van der Waals surface area contributed by atoms with Crippen LogP contribution in [0.3, 0.4) is 0 Å². The lowest BCUT2D eigenvalue weighted by Gasteiger charge is -2.29. The van der Waals surface area contributed by atoms with Gasteiger partial charge in [0.1, 0.15) is 17.1 Å². The van der Waals surface area contributed by atoms with E-state index in [-0.39, 0.29) is 11.8 Å². The minimum absolute atomic E-state index is 0.151. The van der Waals surface area contributed by atoms with Crippen molar-refractivity contribution in [1.29, 1.82) is 0 Å². The number of carbonyl (C=O) groups excluding carboxylic acids is 1. The number of amides is 1. The van der Waals surface area contributed by atoms with Gasteiger partial charge >= 0.3 is 0 Å². The number of fused-ring (bicyclic) bond motifs is 1. The molecule has 2 aromatic rings. The van der Waals surface area contributed by atoms with Crippen LogP contribution in [0, 0.1) is 0 Å². The van der Waals surface area contributed by atoms with Crippen molar-refractivity contribution in [2.24, 2.45) is 0 Å². The number of ether oxygens (including phenoxy) is 2. The molecule has 3 rings (SSSR count). The lowest BCUT2D eigenvalue weighted by molar-refractivity contribution is -0.137. The number of unbranched alkanes of at least 4 members (excludes halogenated alkanes) is 1. The molecule has 1 fully saturated rings. The molecular formula is C19H25NO4. The molecule has 5 nitrogen and oxygen atoms in total. The van der Waals surface area contributed by atoms with Crippen LogP contribution in [0.2, 0.25) is 0 Å². The summed E-state index contributed by atoms with van der Waals surface area (Å²) in [5, 5.41) is 1.00. The third kappa shape index (κ3) is 3.56. The molecule has 130 valence electrons. The van der Waals surface area contributed by atoms with E-state index in [1.165, 1.54) is 0 Å². The molecule has 24 heavy (non-hydrogen) atoms. The summed E-state index contributed by atoms with van der Waals surface area (Å²) < 4.78 is 16.6. The van der Waals surface area contributed by atoms with Crippen molar-refractivity contribution < 1.29 is 18.7 Å². The molecule has 1 saturated heterocycles. The number of furan rings is 1. The number of carbonyl (C=O) groups is 1. The van der Waals surface area contributed by atoms with Crippen molar-refractivity contribution in [3.8, 4) is 5.75 Å². The second-order valence-electron chi connectivity index (χ2n) is 6.18. The molecule has 0 spiro atoms. The smallest absolute Gasteiger partial charge is 0.233 e. The van der Waals surface area contributed by atoms with Gasteiger partial charge in [-0.3, -0.25) is 4.79 Å². The zero-order chi connectivity index (χ0) is 16.9. The van der Waals surface area contributed by atoms with Crippen molar-refractivity contribution >= 4 is 16.9 Å². The Balaban J connectivity index is 1.88. The van der Waals surface area contributed by atoms with Gasteiger partial charge in [0, 0.05) is 24.5 Å². The number of methoxy groups -OCH3 is 1. The number of hydrogen-bond donors (Lipinski definition) is 0. The average Bonchev–Trinajstić information content (AvgIpc) is 3.05. The highest BCUT2D eigenvalue weighted by atomic mass is 16.5. The molecule has 5 heteroatoms. The zero-order valence-electron chi connectivity index (χ0n) is 14.4. The van der Waals surface area contributed by atoms with Crippen LogP contribution in [0.25, 0.3) is 11.0 Å². The van der Waals surface area contributed by atoms with Crippen molar-refractivity contribution in [3.63, 3.8) is 0 Å². The fourth-order valence-electron chi connectivity index (χ4n) is 3.13. The summed E-state index contributed by atoms with van der Waals surface area (Å²) in [5.41, 5.74) is 0.764. The van der Waals surface area contributed by atoms with Gasteiger partial charge in [-0.1, -0.05) is 19.8 Å². The number of benzene rings is 1. The third-order valence-electron chi connectivity index (χ3n) is 4.56. The molecule has 1 unspecified atom stereocenters. The van der Waals surface area contributed by atoms with Crippen LogP contribution in [-0.2, 0) is 9.53 Å². The van der Waals surface area contributed by atoms with E-state index in [4.69, 9.17) is 13.9 Å². The van der Waals surface area contributed by atoms with Gasteiger partial charge in [0.05, 0.1) is 26.2 Å². The van der Waals surface area contributed by atoms with Crippen LogP contribution in [0.5, 0.6) is 5.75 Å². The largest absolute Gasteiger partial charge is 0.497 e. The molecule has 1 aromatic carbocycles. The summed E-state index contributed by atoms with van der Waals surface area (Å²) in [4.78, 5) is 14.9. The van der Waals surface area contributed by atoms with E-state index >= 15 is 0 Å². The Morgan fingerprint density at radius 2 is 2.08 bits per heavy atom. The van der Waals surface area contributed by atoms with E-state index in [1.807, 2.05) is 29.2 Å². The first kappa shape index (κ1) is 16.8. The Morgan fingerprint density at radius 3 is 2.79 bits per heavy atom. The van der Waals surface area contributed by atoms with E-state index in [0.717, 1.165) is 41.7 Å². The first-order valence-corrected chi connectivity index (χ1v) is 8.67. The SMILES string of the molecule is CCCCC(C(=O)N1CCOCC1)c1cc2ccc(OC)cc2o1. The van der Waals surface area contributed by atoms with Gasteiger partial charge in [-0.25, -0.2) is 0 Å². The third-order valence-corrected chi connectivity index (χ3v) is 4.56. The fraction of sp³-hybridized carbons (Fsp3) is 0.526. The summed E-state index contributed by atoms with van der Waals surface area (Å²) in [6, 6.07) is 7.74. The van der Waals surface area contributed by atoms with Crippen molar-refractivity contribution in [2.75, 3.05) is 33.4 Å². The fourth-order valence-corrected chi connectivity index (χ4v) is 3.13. The molecule has 1 aliphatic rings. The topological polar surface area (TPSA) is 51.9 Å². The van der Waals surface area contributed by atoms with Gasteiger partial charge < -0.3 is 18.8 Å². The van der Waals surface area contributed by atoms with E-state index in [1.54, 1.807) is 7.11 Å². The maximum Gasteiger partial charge on any atom is 0.233 e. The molecule has 1 aliphatic heterocycles. The monoisotopic (exact) mass is 331 g/mol. The predicted molar refractivity (Wildman–Crippen MR) is 92.4 cm³/mol. The van der Waals surface area contributed by atoms with Crippen LogP contribution in [0.1, 0.15) is 37.9 Å². The maximum absolute atomic E-state index is 13.0. The Morgan fingerprint density at radius 1 is 1.29 bits per heavy atom. The van der Waals surface area contributed by atoms with Gasteiger partial charge in [0.25, 0.3) is 0 Å². The van der Waals surface area contributed by atoms with Gasteiger partial charge in [-0.15, -0.1) is 0 Å². The summed E-state index contributed by atoms with van der Waals surface area (Å²) in [6.07, 6.45) is 2.87. The molecule has 0 radical (unpaired) electrons. The summed E-state index contributed by atoms with van der Waals surface area (Å²) in [6.45, 7) is 4.69. The lowest BCUT2D eigenvalue weighted by Crippen LogP contribution is -2.43. The highest BCUT2D eigenvalue weighted by molar-refractivity contribution is 5.86. The average molecular weight is 331 g/mol. The van der Waals surface area contributed by atoms with E-state index in [9.17, 15) is 4.79 Å². The molecule has 1 aromatic heterocycles. The molecule has 2 heterocycles. The molecule has 0 bridgehead atoms. The molecular weight excluding hydrogens is 306 g/mol. The highest BCUT2D eigenvalue weighted by Crippen LogP contribution is 2.32. The standard InChI is InChI=1S/C19H25NO4/c1-3-4-5-16(19(21)20-8-10-23-11-9-20)18-12-14-6-7-15(22-2)13-17(14)24-18/h6-7,12-13,16H,3-5,8-11H2,1-2H3. The van der Waals surface area contributed by atoms with Gasteiger partial charge in [0.2, 0.25) is 5.91 Å². The number of nitrogens with zero attached hydrogens (tertiary/aromatic N) is 1. The minimum atomic E-state index is -0.221. The van der Waals surface area contributed by atoms with Crippen LogP contribution < -0.4 is 4.74 Å². The lowest BCUT2D eigenvalue weighted by atomic mass is 9.97. The summed E-state index contributed by atoms with van der Waals surface area (Å²) in [7, 11) is 1.64. The zero-order valence-corrected chi connectivity index (χ0v) is 14.4. The Labute approximate surface area is 142 Å². The van der Waals surface area contributed by atoms with Gasteiger partial charge in [-0.05, 0) is 24.6 Å². The minimum Gasteiger partial charge on any atom is -0.497 e. The molecule has 0 aliphatic carbocycles. The van der Waals surface area contributed by atoms with Gasteiger partial charge in [0.15, 0.2) is 0 Å². The molecule has 1 amide bonds. The van der Waals surface area contributed by atoms with E-state index in [2.05, 4.69) is 6.92 Å². The number of morpholine rings is 1. The summed E-state index contributed by atoms with van der Waals surface area (Å²) in [5.74, 6) is 1.44. The predicted octanol–water partition coefficient (Wildman–Crippen LogP) is 3.57. The van der Waals surface area contributed by atoms with Crippen LogP contribution in [0.4, 0.5) is 0 Å². The second-order valence-corrected chi connectivity index (χ2v) is 6.18. The quantitative estimate of drug-likeness (QED) is 0.812. The normalized spacial score (nSPS) is 16.3. The van der Waals surface area contributed by atoms with Crippen LogP contribution >= 0.6 is 0 Å². The Kier molecular flexibility index (Phi) is 5.41. The molecule has 0 N–H and O–H groups in total. The maximum atomic E-state index is 13.0. The van der Waals surface area contributed by atoms with Crippen molar-refractivity contribution in [3.05, 3.63) is 30.0 Å².